The Morgan fingerprint density at radius 3 is 2.43 bits per heavy atom. The summed E-state index contributed by atoms with van der Waals surface area (Å²) < 4.78 is 16.1. The Morgan fingerprint density at radius 2 is 1.73 bits per heavy atom. The smallest absolute Gasteiger partial charge is 0.228 e. The molecule has 8 nitrogen and oxygen atoms in total. The Labute approximate surface area is 180 Å². The molecule has 0 atom stereocenters. The number of rotatable bonds is 9. The Balaban J connectivity index is 1.36. The number of aliphatic imine (C=N–C) groups is 1. The highest BCUT2D eigenvalue weighted by molar-refractivity contribution is 6.30. The molecule has 30 heavy (non-hydrogen) atoms. The number of hydrogen-bond donors (Lipinski definition) is 2. The highest BCUT2D eigenvalue weighted by Crippen LogP contribution is 2.19. The largest absolute Gasteiger partial charge is 0.497 e. The van der Waals surface area contributed by atoms with Gasteiger partial charge in [0, 0.05) is 30.6 Å². The molecule has 0 aliphatic heterocycles. The molecule has 9 heteroatoms. The minimum atomic E-state index is 0.501. The predicted molar refractivity (Wildman–Crippen MR) is 116 cm³/mol. The topological polar surface area (TPSA) is 93.8 Å². The summed E-state index contributed by atoms with van der Waals surface area (Å²) in [4.78, 5) is 8.59. The Bertz CT molecular complexity index is 942. The lowest BCUT2D eigenvalue weighted by atomic mass is 10.2. The minimum absolute atomic E-state index is 0.501. The van der Waals surface area contributed by atoms with Crippen LogP contribution >= 0.6 is 11.6 Å². The van der Waals surface area contributed by atoms with Crippen molar-refractivity contribution in [3.63, 3.8) is 0 Å². The fourth-order valence-electron chi connectivity index (χ4n) is 2.59. The average molecular weight is 430 g/mol. The third kappa shape index (κ3) is 6.38. The molecule has 1 heterocycles. The van der Waals surface area contributed by atoms with E-state index in [1.807, 2.05) is 36.4 Å². The summed E-state index contributed by atoms with van der Waals surface area (Å²) in [5.74, 6) is 3.34. The van der Waals surface area contributed by atoms with Gasteiger partial charge in [-0.2, -0.15) is 4.98 Å². The van der Waals surface area contributed by atoms with Crippen molar-refractivity contribution >= 4 is 17.6 Å². The van der Waals surface area contributed by atoms with Crippen molar-refractivity contribution in [3.05, 3.63) is 59.4 Å². The summed E-state index contributed by atoms with van der Waals surface area (Å²) in [5.41, 5.74) is 0.858. The number of halogens is 1. The first-order valence-electron chi connectivity index (χ1n) is 9.48. The molecular formula is C21H24ClN5O3. The summed E-state index contributed by atoms with van der Waals surface area (Å²) in [7, 11) is 3.35. The van der Waals surface area contributed by atoms with Gasteiger partial charge in [0.2, 0.25) is 11.7 Å². The van der Waals surface area contributed by atoms with Crippen LogP contribution in [0, 0.1) is 0 Å². The van der Waals surface area contributed by atoms with E-state index in [9.17, 15) is 0 Å². The van der Waals surface area contributed by atoms with Crippen molar-refractivity contribution in [1.82, 2.24) is 20.8 Å². The van der Waals surface area contributed by atoms with Crippen LogP contribution in [0.4, 0.5) is 0 Å². The molecule has 0 unspecified atom stereocenters. The average Bonchev–Trinajstić information content (AvgIpc) is 3.25. The molecule has 2 aromatic carbocycles. The number of methoxy groups -OCH3 is 1. The quantitative estimate of drug-likeness (QED) is 0.306. The third-order valence-corrected chi connectivity index (χ3v) is 4.40. The molecule has 0 fully saturated rings. The van der Waals surface area contributed by atoms with Gasteiger partial charge in [0.1, 0.15) is 18.1 Å². The third-order valence-electron chi connectivity index (χ3n) is 4.15. The second-order valence-corrected chi connectivity index (χ2v) is 6.65. The summed E-state index contributed by atoms with van der Waals surface area (Å²) >= 11 is 5.90. The molecule has 0 radical (unpaired) electrons. The first-order valence-corrected chi connectivity index (χ1v) is 9.85. The molecule has 2 N–H and O–H groups in total. The van der Waals surface area contributed by atoms with Crippen LogP contribution < -0.4 is 20.1 Å². The molecule has 0 aliphatic rings. The van der Waals surface area contributed by atoms with Crippen LogP contribution in [0.15, 0.2) is 58.0 Å². The fraction of sp³-hybridized carbons (Fsp3) is 0.286. The lowest BCUT2D eigenvalue weighted by Gasteiger charge is -2.12. The molecule has 0 saturated heterocycles. The number of ether oxygens (including phenoxy) is 2. The predicted octanol–water partition coefficient (Wildman–Crippen LogP) is 3.19. The molecule has 3 rings (SSSR count). The number of nitrogens with zero attached hydrogens (tertiary/aromatic N) is 3. The molecule has 0 aliphatic carbocycles. The number of guanidine groups is 1. The van der Waals surface area contributed by atoms with Gasteiger partial charge < -0.3 is 24.6 Å². The fourth-order valence-corrected chi connectivity index (χ4v) is 2.72. The molecular weight excluding hydrogens is 406 g/mol. The van der Waals surface area contributed by atoms with E-state index < -0.39 is 0 Å². The van der Waals surface area contributed by atoms with Crippen LogP contribution in [-0.2, 0) is 6.42 Å². The van der Waals surface area contributed by atoms with E-state index in [1.54, 1.807) is 26.3 Å². The van der Waals surface area contributed by atoms with Crippen LogP contribution in [0.25, 0.3) is 11.4 Å². The van der Waals surface area contributed by atoms with Gasteiger partial charge in [0.25, 0.3) is 0 Å². The number of benzene rings is 2. The summed E-state index contributed by atoms with van der Waals surface area (Å²) in [6.45, 7) is 1.70. The molecule has 3 aromatic rings. The van der Waals surface area contributed by atoms with Crippen molar-refractivity contribution in [2.75, 3.05) is 33.9 Å². The van der Waals surface area contributed by atoms with Gasteiger partial charge in [-0.3, -0.25) is 4.99 Å². The Kier molecular flexibility index (Phi) is 7.91. The molecule has 0 amide bonds. The second kappa shape index (κ2) is 11.1. The number of nitrogens with one attached hydrogen (secondary N) is 2. The van der Waals surface area contributed by atoms with Gasteiger partial charge in [0.15, 0.2) is 5.96 Å². The lowest BCUT2D eigenvalue weighted by Crippen LogP contribution is -2.40. The van der Waals surface area contributed by atoms with E-state index in [2.05, 4.69) is 25.8 Å². The summed E-state index contributed by atoms with van der Waals surface area (Å²) in [6.07, 6.45) is 0.573. The Hall–Kier alpha value is -3.26. The summed E-state index contributed by atoms with van der Waals surface area (Å²) in [6, 6.07) is 14.8. The zero-order valence-electron chi connectivity index (χ0n) is 16.9. The molecule has 158 valence electrons. The first-order chi connectivity index (χ1) is 14.7. The minimum Gasteiger partial charge on any atom is -0.497 e. The van der Waals surface area contributed by atoms with E-state index >= 15 is 0 Å². The lowest BCUT2D eigenvalue weighted by molar-refractivity contribution is 0.321. The van der Waals surface area contributed by atoms with Crippen LogP contribution in [0.1, 0.15) is 5.89 Å². The van der Waals surface area contributed by atoms with Gasteiger partial charge in [-0.25, -0.2) is 0 Å². The molecule has 0 saturated carbocycles. The van der Waals surface area contributed by atoms with E-state index in [0.29, 0.717) is 48.8 Å². The Morgan fingerprint density at radius 1 is 1.03 bits per heavy atom. The van der Waals surface area contributed by atoms with E-state index in [-0.39, 0.29) is 0 Å². The molecule has 1 aromatic heterocycles. The van der Waals surface area contributed by atoms with Crippen molar-refractivity contribution in [3.8, 4) is 22.9 Å². The van der Waals surface area contributed by atoms with Crippen molar-refractivity contribution in [2.24, 2.45) is 4.99 Å². The summed E-state index contributed by atoms with van der Waals surface area (Å²) in [5, 5.41) is 11.1. The van der Waals surface area contributed by atoms with Crippen molar-refractivity contribution in [2.45, 2.75) is 6.42 Å². The van der Waals surface area contributed by atoms with Gasteiger partial charge in [-0.15, -0.1) is 0 Å². The van der Waals surface area contributed by atoms with E-state index in [4.69, 9.17) is 25.6 Å². The number of aromatic nitrogens is 2. The SMILES string of the molecule is CN=C(NCCOc1ccc(OC)cc1)NCCc1nc(-c2ccc(Cl)cc2)no1. The van der Waals surface area contributed by atoms with Crippen molar-refractivity contribution < 1.29 is 14.0 Å². The first kappa shape index (κ1) is 21.4. The van der Waals surface area contributed by atoms with Crippen molar-refractivity contribution in [1.29, 1.82) is 0 Å². The standard InChI is InChI=1S/C21H24ClN5O3/c1-23-21(25-13-14-29-18-9-7-17(28-2)8-10-18)24-12-11-19-26-20(27-30-19)15-3-5-16(22)6-4-15/h3-10H,11-14H2,1-2H3,(H2,23,24,25). The van der Waals surface area contributed by atoms with Gasteiger partial charge >= 0.3 is 0 Å². The maximum Gasteiger partial charge on any atom is 0.228 e. The van der Waals surface area contributed by atoms with Crippen LogP contribution in [-0.4, -0.2) is 50.0 Å². The monoisotopic (exact) mass is 429 g/mol. The van der Waals surface area contributed by atoms with Crippen LogP contribution in [0.2, 0.25) is 5.02 Å². The van der Waals surface area contributed by atoms with Gasteiger partial charge in [0.05, 0.1) is 13.7 Å². The van der Waals surface area contributed by atoms with Crippen LogP contribution in [0.3, 0.4) is 0 Å². The normalized spacial score (nSPS) is 11.2. The van der Waals surface area contributed by atoms with E-state index in [1.165, 1.54) is 0 Å². The van der Waals surface area contributed by atoms with E-state index in [0.717, 1.165) is 17.1 Å². The van der Waals surface area contributed by atoms with Gasteiger partial charge in [-0.1, -0.05) is 16.8 Å². The highest BCUT2D eigenvalue weighted by atomic mass is 35.5. The van der Waals surface area contributed by atoms with Gasteiger partial charge in [-0.05, 0) is 48.5 Å². The van der Waals surface area contributed by atoms with Crippen LogP contribution in [0.5, 0.6) is 11.5 Å². The molecule has 0 spiro atoms. The zero-order chi connectivity index (χ0) is 21.2. The second-order valence-electron chi connectivity index (χ2n) is 6.22. The number of hydrogen-bond acceptors (Lipinski definition) is 6. The zero-order valence-corrected chi connectivity index (χ0v) is 17.6. The highest BCUT2D eigenvalue weighted by Gasteiger charge is 2.08. The maximum absolute atomic E-state index is 5.90. The molecule has 0 bridgehead atoms. The maximum atomic E-state index is 5.90.